The van der Waals surface area contributed by atoms with Gasteiger partial charge in [-0.3, -0.25) is 4.79 Å². The first kappa shape index (κ1) is 22.5. The number of anilines is 1. The van der Waals surface area contributed by atoms with Crippen molar-refractivity contribution in [1.82, 2.24) is 14.8 Å². The summed E-state index contributed by atoms with van der Waals surface area (Å²) in [6, 6.07) is 0. The predicted molar refractivity (Wildman–Crippen MR) is 120 cm³/mol. The second-order valence-corrected chi connectivity index (χ2v) is 10.9. The molecule has 1 saturated carbocycles. The lowest BCUT2D eigenvalue weighted by molar-refractivity contribution is -0.200. The fraction of sp³-hybridized carbons (Fsp3) is 0.773. The maximum absolute atomic E-state index is 12.6. The molecule has 2 aliphatic heterocycles. The predicted octanol–water partition coefficient (Wildman–Crippen LogP) is 3.21. The van der Waals surface area contributed by atoms with Gasteiger partial charge in [0.1, 0.15) is 5.60 Å². The summed E-state index contributed by atoms with van der Waals surface area (Å²) in [6.07, 6.45) is 3.43. The standard InChI is InChI=1S/C22H34N4O4S/c1-5-25-15-21(30-22(7-8-22)17(25)27)9-12-24(13-10-21)11-6-16-14-31-18(23-16)26(19(28)29)20(2,3)4/h14H,5-13,15H2,1-4H3,(H,28,29). The van der Waals surface area contributed by atoms with Gasteiger partial charge in [-0.15, -0.1) is 11.3 Å². The van der Waals surface area contributed by atoms with Gasteiger partial charge in [-0.2, -0.15) is 0 Å². The number of nitrogens with zero attached hydrogens (tertiary/aromatic N) is 4. The van der Waals surface area contributed by atoms with E-state index in [4.69, 9.17) is 4.74 Å². The Labute approximate surface area is 188 Å². The van der Waals surface area contributed by atoms with Crippen molar-refractivity contribution in [2.75, 3.05) is 37.6 Å². The molecule has 3 aliphatic rings. The number of piperidine rings is 1. The quantitative estimate of drug-likeness (QED) is 0.741. The van der Waals surface area contributed by atoms with Gasteiger partial charge in [0.25, 0.3) is 5.91 Å². The Bertz CT molecular complexity index is 837. The lowest BCUT2D eigenvalue weighted by Gasteiger charge is -2.50. The van der Waals surface area contributed by atoms with Crippen LogP contribution in [0.2, 0.25) is 0 Å². The van der Waals surface area contributed by atoms with Gasteiger partial charge in [-0.05, 0) is 53.4 Å². The number of carbonyl (C=O) groups excluding carboxylic acids is 1. The number of rotatable bonds is 5. The molecule has 0 radical (unpaired) electrons. The van der Waals surface area contributed by atoms with Crippen molar-refractivity contribution < 1.29 is 19.4 Å². The summed E-state index contributed by atoms with van der Waals surface area (Å²) in [6.45, 7) is 11.9. The number of amides is 2. The van der Waals surface area contributed by atoms with Crippen LogP contribution in [0.15, 0.2) is 5.38 Å². The first-order chi connectivity index (χ1) is 14.6. The number of hydrogen-bond acceptors (Lipinski definition) is 6. The van der Waals surface area contributed by atoms with E-state index in [9.17, 15) is 14.7 Å². The van der Waals surface area contributed by atoms with E-state index in [1.54, 1.807) is 0 Å². The van der Waals surface area contributed by atoms with Crippen molar-refractivity contribution >= 4 is 28.5 Å². The minimum absolute atomic E-state index is 0.188. The average molecular weight is 451 g/mol. The van der Waals surface area contributed by atoms with Crippen LogP contribution in [0.25, 0.3) is 0 Å². The average Bonchev–Trinajstić information content (AvgIpc) is 3.31. The molecule has 9 heteroatoms. The molecule has 2 amide bonds. The summed E-state index contributed by atoms with van der Waals surface area (Å²) >= 11 is 1.38. The number of carboxylic acid groups (broad SMARTS) is 1. The van der Waals surface area contributed by atoms with E-state index in [-0.39, 0.29) is 11.5 Å². The number of likely N-dealkylation sites (N-methyl/N-ethyl adjacent to an activating group) is 1. The van der Waals surface area contributed by atoms with E-state index >= 15 is 0 Å². The number of aromatic nitrogens is 1. The summed E-state index contributed by atoms with van der Waals surface area (Å²) in [7, 11) is 0. The van der Waals surface area contributed by atoms with Crippen molar-refractivity contribution in [2.45, 2.75) is 76.5 Å². The molecule has 172 valence electrons. The van der Waals surface area contributed by atoms with E-state index in [1.165, 1.54) is 16.2 Å². The van der Waals surface area contributed by atoms with Gasteiger partial charge in [0.05, 0.1) is 11.3 Å². The number of morpholine rings is 1. The first-order valence-electron chi connectivity index (χ1n) is 11.3. The van der Waals surface area contributed by atoms with E-state index in [1.807, 2.05) is 31.1 Å². The zero-order valence-corrected chi connectivity index (χ0v) is 19.8. The molecule has 4 rings (SSSR count). The van der Waals surface area contributed by atoms with Gasteiger partial charge in [0.2, 0.25) is 0 Å². The van der Waals surface area contributed by atoms with Crippen LogP contribution >= 0.6 is 11.3 Å². The monoisotopic (exact) mass is 450 g/mol. The molecule has 3 heterocycles. The fourth-order valence-corrected chi connectivity index (χ4v) is 5.81. The highest BCUT2D eigenvalue weighted by Gasteiger charge is 2.61. The Hall–Kier alpha value is -1.71. The van der Waals surface area contributed by atoms with Crippen LogP contribution in [-0.4, -0.2) is 81.4 Å². The van der Waals surface area contributed by atoms with Gasteiger partial charge in [0, 0.05) is 50.1 Å². The topological polar surface area (TPSA) is 86.2 Å². The van der Waals surface area contributed by atoms with Crippen molar-refractivity contribution in [3.63, 3.8) is 0 Å². The van der Waals surface area contributed by atoms with Gasteiger partial charge in [-0.1, -0.05) is 0 Å². The molecule has 1 aliphatic carbocycles. The van der Waals surface area contributed by atoms with E-state index in [0.717, 1.165) is 64.0 Å². The normalized spacial score (nSPS) is 22.8. The van der Waals surface area contributed by atoms with Gasteiger partial charge in [-0.25, -0.2) is 14.7 Å². The number of likely N-dealkylation sites (tertiary alicyclic amines) is 1. The maximum atomic E-state index is 12.6. The van der Waals surface area contributed by atoms with Gasteiger partial charge in [0.15, 0.2) is 5.13 Å². The molecule has 2 saturated heterocycles. The molecule has 1 aromatic rings. The first-order valence-corrected chi connectivity index (χ1v) is 12.1. The molecule has 31 heavy (non-hydrogen) atoms. The molecule has 1 N–H and O–H groups in total. The number of carbonyl (C=O) groups is 2. The molecule has 0 atom stereocenters. The molecule has 0 bridgehead atoms. The minimum Gasteiger partial charge on any atom is -0.465 e. The van der Waals surface area contributed by atoms with E-state index < -0.39 is 17.2 Å². The molecule has 0 aromatic carbocycles. The zero-order chi connectivity index (χ0) is 22.4. The highest BCUT2D eigenvalue weighted by molar-refractivity contribution is 7.14. The van der Waals surface area contributed by atoms with Crippen LogP contribution in [0.5, 0.6) is 0 Å². The lowest BCUT2D eigenvalue weighted by atomic mass is 9.88. The Morgan fingerprint density at radius 1 is 1.29 bits per heavy atom. The van der Waals surface area contributed by atoms with E-state index in [2.05, 4.69) is 16.8 Å². The summed E-state index contributed by atoms with van der Waals surface area (Å²) < 4.78 is 6.46. The van der Waals surface area contributed by atoms with Crippen molar-refractivity contribution in [1.29, 1.82) is 0 Å². The van der Waals surface area contributed by atoms with Crippen molar-refractivity contribution in [2.24, 2.45) is 0 Å². The molecule has 8 nitrogen and oxygen atoms in total. The molecule has 3 fully saturated rings. The molecule has 1 aromatic heterocycles. The van der Waals surface area contributed by atoms with Crippen LogP contribution in [0.3, 0.4) is 0 Å². The van der Waals surface area contributed by atoms with Crippen molar-refractivity contribution in [3.8, 4) is 0 Å². The third kappa shape index (κ3) is 4.45. The zero-order valence-electron chi connectivity index (χ0n) is 19.0. The molecular formula is C22H34N4O4S. The van der Waals surface area contributed by atoms with Crippen LogP contribution in [0.4, 0.5) is 9.93 Å². The minimum atomic E-state index is -0.977. The second-order valence-electron chi connectivity index (χ2n) is 10.1. The number of thiazole rings is 1. The third-order valence-corrected chi connectivity index (χ3v) is 7.57. The Morgan fingerprint density at radius 2 is 1.97 bits per heavy atom. The smallest absolute Gasteiger partial charge is 0.414 e. The molecular weight excluding hydrogens is 416 g/mol. The Morgan fingerprint density at radius 3 is 2.52 bits per heavy atom. The van der Waals surface area contributed by atoms with Crippen LogP contribution in [0, 0.1) is 0 Å². The van der Waals surface area contributed by atoms with Gasteiger partial charge >= 0.3 is 6.09 Å². The second kappa shape index (κ2) is 8.01. The highest BCUT2D eigenvalue weighted by Crippen LogP contribution is 2.49. The third-order valence-electron chi connectivity index (χ3n) is 6.70. The largest absolute Gasteiger partial charge is 0.465 e. The SMILES string of the molecule is CCN1CC2(CCN(CCc3csc(N(C(=O)O)C(C)(C)C)n3)CC2)OC2(CC2)C1=O. The lowest BCUT2D eigenvalue weighted by Crippen LogP contribution is -2.62. The Kier molecular flexibility index (Phi) is 5.81. The summed E-state index contributed by atoms with van der Waals surface area (Å²) in [5.41, 5.74) is -0.311. The molecule has 2 spiro atoms. The number of hydrogen-bond donors (Lipinski definition) is 1. The van der Waals surface area contributed by atoms with Gasteiger partial charge < -0.3 is 19.6 Å². The number of ether oxygens (including phenoxy) is 1. The fourth-order valence-electron chi connectivity index (χ4n) is 4.77. The summed E-state index contributed by atoms with van der Waals surface area (Å²) in [4.78, 5) is 34.6. The summed E-state index contributed by atoms with van der Waals surface area (Å²) in [5, 5.41) is 12.1. The Balaban J connectivity index is 1.32. The van der Waals surface area contributed by atoms with E-state index in [0.29, 0.717) is 11.7 Å². The van der Waals surface area contributed by atoms with Crippen LogP contribution in [-0.2, 0) is 16.0 Å². The van der Waals surface area contributed by atoms with Crippen LogP contribution in [0.1, 0.15) is 59.1 Å². The van der Waals surface area contributed by atoms with Crippen molar-refractivity contribution in [3.05, 3.63) is 11.1 Å². The van der Waals surface area contributed by atoms with Crippen LogP contribution < -0.4 is 4.90 Å². The maximum Gasteiger partial charge on any atom is 0.414 e. The molecule has 0 unspecified atom stereocenters. The highest BCUT2D eigenvalue weighted by atomic mass is 32.1. The summed E-state index contributed by atoms with van der Waals surface area (Å²) in [5.74, 6) is 0.188.